The molecule has 3 heterocycles. The van der Waals surface area contributed by atoms with Crippen LogP contribution in [0.4, 0.5) is 5.69 Å². The zero-order chi connectivity index (χ0) is 13.9. The molecule has 0 spiro atoms. The van der Waals surface area contributed by atoms with E-state index in [0.29, 0.717) is 0 Å². The summed E-state index contributed by atoms with van der Waals surface area (Å²) in [4.78, 5) is 2.68. The minimum Gasteiger partial charge on any atom is -0.377 e. The van der Waals surface area contributed by atoms with Crippen LogP contribution in [0.5, 0.6) is 0 Å². The summed E-state index contributed by atoms with van der Waals surface area (Å²) in [6.07, 6.45) is 3.00. The summed E-state index contributed by atoms with van der Waals surface area (Å²) in [5.74, 6) is 0. The van der Waals surface area contributed by atoms with Crippen LogP contribution in [0.15, 0.2) is 35.2 Å². The van der Waals surface area contributed by atoms with Gasteiger partial charge < -0.3 is 5.32 Å². The van der Waals surface area contributed by atoms with Crippen molar-refractivity contribution in [1.29, 1.82) is 0 Å². The minimum absolute atomic E-state index is 0.856. The SMILES string of the molecule is CCc1nn(C)cc1NCc1cc(-c2cccs2)cs1. The van der Waals surface area contributed by atoms with Gasteiger partial charge in [-0.1, -0.05) is 13.0 Å². The van der Waals surface area contributed by atoms with E-state index in [1.165, 1.54) is 15.3 Å². The lowest BCUT2D eigenvalue weighted by atomic mass is 10.2. The predicted octanol–water partition coefficient (Wildman–Crippen LogP) is 4.38. The van der Waals surface area contributed by atoms with Crippen LogP contribution < -0.4 is 5.32 Å². The summed E-state index contributed by atoms with van der Waals surface area (Å²) >= 11 is 3.59. The number of rotatable bonds is 5. The van der Waals surface area contributed by atoms with Crippen molar-refractivity contribution in [1.82, 2.24) is 9.78 Å². The molecule has 104 valence electrons. The number of aromatic nitrogens is 2. The van der Waals surface area contributed by atoms with Gasteiger partial charge in [0.25, 0.3) is 0 Å². The van der Waals surface area contributed by atoms with E-state index in [9.17, 15) is 0 Å². The Balaban J connectivity index is 1.69. The van der Waals surface area contributed by atoms with Crippen LogP contribution >= 0.6 is 22.7 Å². The van der Waals surface area contributed by atoms with E-state index in [1.54, 1.807) is 22.7 Å². The van der Waals surface area contributed by atoms with E-state index < -0.39 is 0 Å². The lowest BCUT2D eigenvalue weighted by Crippen LogP contribution is -1.98. The zero-order valence-electron chi connectivity index (χ0n) is 11.6. The molecule has 0 radical (unpaired) electrons. The van der Waals surface area contributed by atoms with E-state index in [2.05, 4.69) is 46.3 Å². The monoisotopic (exact) mass is 303 g/mol. The Bertz CT molecular complexity index is 680. The number of nitrogens with zero attached hydrogens (tertiary/aromatic N) is 2. The highest BCUT2D eigenvalue weighted by Crippen LogP contribution is 2.29. The van der Waals surface area contributed by atoms with Gasteiger partial charge in [-0.05, 0) is 29.3 Å². The molecule has 0 saturated heterocycles. The number of thiophene rings is 2. The van der Waals surface area contributed by atoms with E-state index >= 15 is 0 Å². The molecular weight excluding hydrogens is 286 g/mol. The van der Waals surface area contributed by atoms with E-state index in [1.807, 2.05) is 17.9 Å². The molecule has 5 heteroatoms. The Kier molecular flexibility index (Phi) is 3.89. The Labute approximate surface area is 126 Å². The summed E-state index contributed by atoms with van der Waals surface area (Å²) in [5, 5.41) is 12.3. The second kappa shape index (κ2) is 5.81. The maximum atomic E-state index is 4.45. The van der Waals surface area contributed by atoms with Crippen LogP contribution in [0.2, 0.25) is 0 Å². The van der Waals surface area contributed by atoms with E-state index in [4.69, 9.17) is 0 Å². The molecule has 0 aliphatic heterocycles. The first-order chi connectivity index (χ1) is 9.76. The molecule has 0 aromatic carbocycles. The van der Waals surface area contributed by atoms with E-state index in [-0.39, 0.29) is 0 Å². The van der Waals surface area contributed by atoms with Gasteiger partial charge in [0.1, 0.15) is 0 Å². The van der Waals surface area contributed by atoms with Gasteiger partial charge in [-0.2, -0.15) is 5.10 Å². The highest BCUT2D eigenvalue weighted by atomic mass is 32.1. The van der Waals surface area contributed by atoms with Crippen molar-refractivity contribution in [3.8, 4) is 10.4 Å². The lowest BCUT2D eigenvalue weighted by Gasteiger charge is -2.03. The van der Waals surface area contributed by atoms with Crippen molar-refractivity contribution >= 4 is 28.4 Å². The molecule has 3 rings (SSSR count). The third kappa shape index (κ3) is 2.78. The average molecular weight is 303 g/mol. The maximum Gasteiger partial charge on any atom is 0.0853 e. The molecule has 0 bridgehead atoms. The Morgan fingerprint density at radius 3 is 3.00 bits per heavy atom. The molecule has 3 aromatic heterocycles. The molecule has 0 fully saturated rings. The lowest BCUT2D eigenvalue weighted by molar-refractivity contribution is 0.746. The van der Waals surface area contributed by atoms with Crippen LogP contribution in [0.3, 0.4) is 0 Å². The van der Waals surface area contributed by atoms with Gasteiger partial charge in [0.05, 0.1) is 11.4 Å². The molecule has 0 aliphatic carbocycles. The molecule has 0 amide bonds. The summed E-state index contributed by atoms with van der Waals surface area (Å²) < 4.78 is 1.87. The first-order valence-electron chi connectivity index (χ1n) is 6.64. The summed E-state index contributed by atoms with van der Waals surface area (Å²) in [6.45, 7) is 2.99. The van der Waals surface area contributed by atoms with Crippen molar-refractivity contribution in [3.05, 3.63) is 45.7 Å². The summed E-state index contributed by atoms with van der Waals surface area (Å²) in [6, 6.07) is 6.53. The summed E-state index contributed by atoms with van der Waals surface area (Å²) in [5.41, 5.74) is 3.59. The smallest absolute Gasteiger partial charge is 0.0853 e. The molecule has 20 heavy (non-hydrogen) atoms. The van der Waals surface area contributed by atoms with Gasteiger partial charge >= 0.3 is 0 Å². The van der Waals surface area contributed by atoms with Crippen LogP contribution in [-0.2, 0) is 20.0 Å². The van der Waals surface area contributed by atoms with Crippen molar-refractivity contribution in [2.45, 2.75) is 19.9 Å². The number of hydrogen-bond donors (Lipinski definition) is 1. The van der Waals surface area contributed by atoms with Crippen molar-refractivity contribution in [2.75, 3.05) is 5.32 Å². The van der Waals surface area contributed by atoms with Gasteiger partial charge in [-0.15, -0.1) is 22.7 Å². The predicted molar refractivity (Wildman–Crippen MR) is 87.5 cm³/mol. The second-order valence-corrected chi connectivity index (χ2v) is 6.59. The Hall–Kier alpha value is -1.59. The van der Waals surface area contributed by atoms with Crippen molar-refractivity contribution in [2.24, 2.45) is 7.05 Å². The highest BCUT2D eigenvalue weighted by Gasteiger charge is 2.07. The fraction of sp³-hybridized carbons (Fsp3) is 0.267. The van der Waals surface area contributed by atoms with Crippen LogP contribution in [-0.4, -0.2) is 9.78 Å². The highest BCUT2D eigenvalue weighted by molar-refractivity contribution is 7.14. The molecule has 0 saturated carbocycles. The van der Waals surface area contributed by atoms with Gasteiger partial charge in [0.15, 0.2) is 0 Å². The fourth-order valence-electron chi connectivity index (χ4n) is 2.17. The first-order valence-corrected chi connectivity index (χ1v) is 8.40. The standard InChI is InChI=1S/C15H17N3S2/c1-3-13-14(9-18(2)17-13)16-8-12-7-11(10-20-12)15-5-4-6-19-15/h4-7,9-10,16H,3,8H2,1-2H3. The molecule has 0 unspecified atom stereocenters. The van der Waals surface area contributed by atoms with Crippen LogP contribution in [0.25, 0.3) is 10.4 Å². The topological polar surface area (TPSA) is 29.9 Å². The second-order valence-electron chi connectivity index (χ2n) is 4.65. The normalized spacial score (nSPS) is 10.9. The first kappa shape index (κ1) is 13.4. The molecule has 1 N–H and O–H groups in total. The summed E-state index contributed by atoms with van der Waals surface area (Å²) in [7, 11) is 1.96. The van der Waals surface area contributed by atoms with Gasteiger partial charge in [0, 0.05) is 35.1 Å². The molecule has 0 atom stereocenters. The van der Waals surface area contributed by atoms with Crippen molar-refractivity contribution in [3.63, 3.8) is 0 Å². The molecular formula is C15H17N3S2. The number of hydrogen-bond acceptors (Lipinski definition) is 4. The molecule has 3 aromatic rings. The Morgan fingerprint density at radius 2 is 2.25 bits per heavy atom. The molecule has 0 aliphatic rings. The quantitative estimate of drug-likeness (QED) is 0.758. The minimum atomic E-state index is 0.856. The maximum absolute atomic E-state index is 4.45. The zero-order valence-corrected chi connectivity index (χ0v) is 13.2. The van der Waals surface area contributed by atoms with E-state index in [0.717, 1.165) is 24.3 Å². The van der Waals surface area contributed by atoms with Gasteiger partial charge in [0.2, 0.25) is 0 Å². The fourth-order valence-corrected chi connectivity index (χ4v) is 3.78. The van der Waals surface area contributed by atoms with Crippen LogP contribution in [0.1, 0.15) is 17.5 Å². The van der Waals surface area contributed by atoms with Crippen molar-refractivity contribution < 1.29 is 0 Å². The number of anilines is 1. The molecule has 3 nitrogen and oxygen atoms in total. The average Bonchev–Trinajstić information content (AvgIpc) is 3.16. The van der Waals surface area contributed by atoms with Gasteiger partial charge in [-0.25, -0.2) is 0 Å². The van der Waals surface area contributed by atoms with Gasteiger partial charge in [-0.3, -0.25) is 4.68 Å². The third-order valence-corrected chi connectivity index (χ3v) is 5.01. The third-order valence-electron chi connectivity index (χ3n) is 3.15. The van der Waals surface area contributed by atoms with Crippen LogP contribution in [0, 0.1) is 0 Å². The Morgan fingerprint density at radius 1 is 1.35 bits per heavy atom. The number of nitrogens with one attached hydrogen (secondary N) is 1. The number of aryl methyl sites for hydroxylation is 2. The largest absolute Gasteiger partial charge is 0.377 e.